The second-order valence-electron chi connectivity index (χ2n) is 0.192. The standard InChI is InChI=1S/B3.W/c1-3-2;. The van der Waals surface area contributed by atoms with Crippen LogP contribution in [0.15, 0.2) is 0 Å². The first-order chi connectivity index (χ1) is 1.41. The summed E-state index contributed by atoms with van der Waals surface area (Å²) < 4.78 is 0. The molecule has 0 atom stereocenters. The minimum absolute atomic E-state index is 0. The Hall–Kier alpha value is 0.883. The van der Waals surface area contributed by atoms with Gasteiger partial charge in [-0.1, -0.05) is 0 Å². The normalized spacial score (nSPS) is 3.00. The smallest absolute Gasteiger partial charge is 0 e. The summed E-state index contributed by atoms with van der Waals surface area (Å²) in [6.45, 7) is 0. The molecule has 0 aromatic heterocycles. The number of hydrogen-bond acceptors (Lipinski definition) is 0. The molecule has 0 rings (SSSR count). The van der Waals surface area contributed by atoms with Gasteiger partial charge >= 0.3 is 0 Å². The van der Waals surface area contributed by atoms with Crippen molar-refractivity contribution in [2.45, 2.75) is 0 Å². The van der Waals surface area contributed by atoms with E-state index in [1.54, 1.807) is 0 Å². The van der Waals surface area contributed by atoms with Crippen molar-refractivity contribution in [1.82, 2.24) is 0 Å². The zero-order valence-electron chi connectivity index (χ0n) is 2.14. The average Bonchev–Trinajstić information content (AvgIpc) is 0.918. The van der Waals surface area contributed by atoms with Crippen molar-refractivity contribution in [3.63, 3.8) is 0 Å². The molecule has 0 saturated heterocycles. The fraction of sp³-hybridized carbons (Fsp3) is 0. The van der Waals surface area contributed by atoms with Gasteiger partial charge in [0.05, 0.1) is 0 Å². The van der Waals surface area contributed by atoms with E-state index in [-0.39, 0.29) is 21.1 Å². The third-order valence-corrected chi connectivity index (χ3v) is 0. The Bertz CT molecular complexity index is 3.25. The first-order valence-electron chi connectivity index (χ1n) is 0.667. The Labute approximate surface area is 44.0 Å². The molecule has 0 aliphatic carbocycles. The Morgan fingerprint density at radius 1 is 1.25 bits per heavy atom. The van der Waals surface area contributed by atoms with Crippen LogP contribution in [0.4, 0.5) is 0 Å². The van der Waals surface area contributed by atoms with E-state index in [1.165, 1.54) is 0 Å². The fourth-order valence-electron chi connectivity index (χ4n) is 0. The maximum absolute atomic E-state index is 4.50. The van der Waals surface area contributed by atoms with Crippen molar-refractivity contribution >= 4 is 22.5 Å². The van der Waals surface area contributed by atoms with Gasteiger partial charge in [0.1, 0.15) is 0 Å². The van der Waals surface area contributed by atoms with Crippen molar-refractivity contribution in [3.8, 4) is 0 Å². The van der Waals surface area contributed by atoms with E-state index >= 15 is 0 Å². The second kappa shape index (κ2) is 9.10. The van der Waals surface area contributed by atoms with Crippen LogP contribution in [0.2, 0.25) is 0 Å². The molecule has 0 amide bonds. The molecular weight excluding hydrogens is 216 g/mol. The molecule has 0 heterocycles. The minimum Gasteiger partial charge on any atom is 0 e. The van der Waals surface area contributed by atoms with E-state index in [1.807, 2.05) is 0 Å². The van der Waals surface area contributed by atoms with Crippen LogP contribution < -0.4 is 0 Å². The van der Waals surface area contributed by atoms with Gasteiger partial charge in [0.15, 0.2) is 0 Å². The zero-order valence-corrected chi connectivity index (χ0v) is 5.07. The second-order valence-corrected chi connectivity index (χ2v) is 0.192. The van der Waals surface area contributed by atoms with Crippen LogP contribution in [-0.4, -0.2) is 22.5 Å². The van der Waals surface area contributed by atoms with E-state index < -0.39 is 0 Å². The van der Waals surface area contributed by atoms with Crippen LogP contribution >= 0.6 is 0 Å². The van der Waals surface area contributed by atoms with Gasteiger partial charge in [-0.3, -0.25) is 0 Å². The van der Waals surface area contributed by atoms with Crippen molar-refractivity contribution in [2.75, 3.05) is 0 Å². The molecule has 0 unspecified atom stereocenters. The van der Waals surface area contributed by atoms with Crippen LogP contribution in [0.1, 0.15) is 0 Å². The topological polar surface area (TPSA) is 0 Å². The predicted molar refractivity (Wildman–Crippen MR) is 17.3 cm³/mol. The molecule has 0 N–H and O–H groups in total. The van der Waals surface area contributed by atoms with Gasteiger partial charge in [-0.15, -0.1) is 0 Å². The summed E-state index contributed by atoms with van der Waals surface area (Å²) in [6, 6.07) is 0. The molecule has 0 nitrogen and oxygen atoms in total. The molecule has 15 valence electrons. The minimum atomic E-state index is 0. The van der Waals surface area contributed by atoms with E-state index in [4.69, 9.17) is 0 Å². The predicted octanol–water partition coefficient (Wildman–Crippen LogP) is -1.14. The maximum atomic E-state index is 4.50. The number of rotatable bonds is 0. The van der Waals surface area contributed by atoms with Crippen LogP contribution in [0.3, 0.4) is 0 Å². The third-order valence-electron chi connectivity index (χ3n) is 0. The van der Waals surface area contributed by atoms with Crippen LogP contribution in [-0.2, 0) is 21.1 Å². The Kier molecular flexibility index (Phi) is 20.2. The molecule has 5 radical (unpaired) electrons. The fourth-order valence-corrected chi connectivity index (χ4v) is 0. The van der Waals surface area contributed by atoms with Crippen molar-refractivity contribution in [3.05, 3.63) is 0 Å². The maximum Gasteiger partial charge on any atom is 0 e. The molecule has 0 aliphatic rings. The third kappa shape index (κ3) is 13.1. The van der Waals surface area contributed by atoms with Crippen LogP contribution in [0.25, 0.3) is 0 Å². The van der Waals surface area contributed by atoms with E-state index in [2.05, 4.69) is 15.5 Å². The Morgan fingerprint density at radius 2 is 1.25 bits per heavy atom. The van der Waals surface area contributed by atoms with Gasteiger partial charge in [-0.05, 0) is 0 Å². The summed E-state index contributed by atoms with van der Waals surface area (Å²) in [7, 11) is 10.0. The van der Waals surface area contributed by atoms with Crippen LogP contribution in [0.5, 0.6) is 0 Å². The number of hydrogen-bond donors (Lipinski definition) is 0. The Balaban J connectivity index is 0. The average molecular weight is 216 g/mol. The van der Waals surface area contributed by atoms with Gasteiger partial charge in [0.25, 0.3) is 0 Å². The molecule has 0 bridgehead atoms. The largest absolute Gasteiger partial charge is 0 e. The quantitative estimate of drug-likeness (QED) is 0.449. The summed E-state index contributed by atoms with van der Waals surface area (Å²) in [5.41, 5.74) is 0. The molecule has 0 fully saturated rings. The molecule has 4 heteroatoms. The molecular formula is B3W. The van der Waals surface area contributed by atoms with Crippen LogP contribution in [0, 0.1) is 0 Å². The summed E-state index contributed by atoms with van der Waals surface area (Å²) in [6.07, 6.45) is 0. The van der Waals surface area contributed by atoms with Gasteiger partial charge < -0.3 is 0 Å². The summed E-state index contributed by atoms with van der Waals surface area (Å²) in [4.78, 5) is 0. The zero-order chi connectivity index (χ0) is 2.71. The summed E-state index contributed by atoms with van der Waals surface area (Å²) in [5.74, 6) is 0. The van der Waals surface area contributed by atoms with Crippen molar-refractivity contribution in [1.29, 1.82) is 0 Å². The first-order valence-corrected chi connectivity index (χ1v) is 0.667. The molecule has 0 aromatic carbocycles. The van der Waals surface area contributed by atoms with E-state index in [0.29, 0.717) is 0 Å². The Morgan fingerprint density at radius 3 is 1.25 bits per heavy atom. The molecule has 0 saturated carbocycles. The molecule has 4 heavy (non-hydrogen) atoms. The van der Waals surface area contributed by atoms with Gasteiger partial charge in [-0.2, -0.15) is 0 Å². The SMILES string of the molecule is [B][B][B].[W]. The van der Waals surface area contributed by atoms with Gasteiger partial charge in [0, 0.05) is 43.6 Å². The van der Waals surface area contributed by atoms with E-state index in [9.17, 15) is 0 Å². The first kappa shape index (κ1) is 8.86. The summed E-state index contributed by atoms with van der Waals surface area (Å²) >= 11 is 0. The summed E-state index contributed by atoms with van der Waals surface area (Å²) in [5, 5.41) is 0. The molecule has 0 spiro atoms. The van der Waals surface area contributed by atoms with Gasteiger partial charge in [0.2, 0.25) is 0 Å². The van der Waals surface area contributed by atoms with Crippen molar-refractivity contribution < 1.29 is 21.1 Å². The monoisotopic (exact) mass is 217 g/mol. The molecule has 0 aromatic rings. The van der Waals surface area contributed by atoms with Crippen molar-refractivity contribution in [2.24, 2.45) is 0 Å². The van der Waals surface area contributed by atoms with E-state index in [0.717, 1.165) is 7.06 Å². The van der Waals surface area contributed by atoms with Gasteiger partial charge in [-0.25, -0.2) is 0 Å². The molecule has 0 aliphatic heterocycles.